The van der Waals surface area contributed by atoms with Gasteiger partial charge in [0.15, 0.2) is 0 Å². The van der Waals surface area contributed by atoms with E-state index in [4.69, 9.17) is 4.74 Å². The zero-order valence-corrected chi connectivity index (χ0v) is 8.90. The number of cyclic esters (lactones) is 1. The van der Waals surface area contributed by atoms with Crippen LogP contribution in [0.25, 0.3) is 0 Å². The third-order valence-corrected chi connectivity index (χ3v) is 2.35. The Labute approximate surface area is 85.6 Å². The summed E-state index contributed by atoms with van der Waals surface area (Å²) in [5.41, 5.74) is 0. The van der Waals surface area contributed by atoms with Crippen LogP contribution in [0.4, 0.5) is 0 Å². The number of carbonyl (C=O) groups excluding carboxylic acids is 1. The first-order chi connectivity index (χ1) is 6.79. The minimum atomic E-state index is -0.0829. The van der Waals surface area contributed by atoms with Crippen LogP contribution in [0.15, 0.2) is 24.3 Å². The van der Waals surface area contributed by atoms with Crippen LogP contribution in [0.3, 0.4) is 0 Å². The number of esters is 1. The molecule has 0 aromatic carbocycles. The summed E-state index contributed by atoms with van der Waals surface area (Å²) in [4.78, 5) is 11.3. The quantitative estimate of drug-likeness (QED) is 0.508. The van der Waals surface area contributed by atoms with E-state index in [1.54, 1.807) is 0 Å². The molecule has 0 saturated carbocycles. The summed E-state index contributed by atoms with van der Waals surface area (Å²) in [6.45, 7) is 4.69. The average Bonchev–Trinajstić information content (AvgIpc) is 2.53. The van der Waals surface area contributed by atoms with Crippen molar-refractivity contribution in [2.75, 3.05) is 6.61 Å². The topological polar surface area (TPSA) is 26.3 Å². The molecule has 78 valence electrons. The fourth-order valence-electron chi connectivity index (χ4n) is 1.54. The van der Waals surface area contributed by atoms with Crippen LogP contribution in [0.2, 0.25) is 0 Å². The Morgan fingerprint density at radius 1 is 1.29 bits per heavy atom. The lowest BCUT2D eigenvalue weighted by atomic mass is 9.94. The summed E-state index contributed by atoms with van der Waals surface area (Å²) in [5, 5.41) is 0. The Morgan fingerprint density at radius 3 is 2.57 bits per heavy atom. The number of carbonyl (C=O) groups is 1. The summed E-state index contributed by atoms with van der Waals surface area (Å²) in [6, 6.07) is 0. The maximum atomic E-state index is 11.3. The molecule has 0 N–H and O–H groups in total. The van der Waals surface area contributed by atoms with Gasteiger partial charge in [-0.25, -0.2) is 0 Å². The van der Waals surface area contributed by atoms with Crippen LogP contribution in [-0.2, 0) is 9.53 Å². The molecule has 2 atom stereocenters. The van der Waals surface area contributed by atoms with Gasteiger partial charge < -0.3 is 4.74 Å². The van der Waals surface area contributed by atoms with Gasteiger partial charge in [0.25, 0.3) is 0 Å². The molecule has 2 nitrogen and oxygen atoms in total. The normalized spacial score (nSPS) is 27.7. The van der Waals surface area contributed by atoms with Gasteiger partial charge in [-0.15, -0.1) is 0 Å². The van der Waals surface area contributed by atoms with E-state index in [1.165, 1.54) is 0 Å². The van der Waals surface area contributed by atoms with Crippen LogP contribution < -0.4 is 0 Å². The van der Waals surface area contributed by atoms with Crippen LogP contribution in [0.5, 0.6) is 0 Å². The highest BCUT2D eigenvalue weighted by atomic mass is 16.5. The summed E-state index contributed by atoms with van der Waals surface area (Å²) < 4.78 is 5.03. The first kappa shape index (κ1) is 11.0. The van der Waals surface area contributed by atoms with Crippen molar-refractivity contribution in [2.24, 2.45) is 11.8 Å². The molecule has 1 saturated heterocycles. The van der Waals surface area contributed by atoms with Crippen molar-refractivity contribution in [3.63, 3.8) is 0 Å². The average molecular weight is 194 g/mol. The molecule has 0 radical (unpaired) electrons. The fourth-order valence-corrected chi connectivity index (χ4v) is 1.54. The van der Waals surface area contributed by atoms with Gasteiger partial charge in [0.1, 0.15) is 0 Å². The number of hydrogen-bond acceptors (Lipinski definition) is 2. The van der Waals surface area contributed by atoms with E-state index < -0.39 is 0 Å². The second kappa shape index (κ2) is 5.63. The number of rotatable bonds is 4. The van der Waals surface area contributed by atoms with Gasteiger partial charge in [-0.1, -0.05) is 38.2 Å². The molecular weight excluding hydrogens is 176 g/mol. The van der Waals surface area contributed by atoms with E-state index in [0.29, 0.717) is 6.61 Å². The lowest BCUT2D eigenvalue weighted by Crippen LogP contribution is -2.11. The highest BCUT2D eigenvalue weighted by Gasteiger charge is 2.32. The zero-order valence-electron chi connectivity index (χ0n) is 8.90. The molecule has 0 bridgehead atoms. The van der Waals surface area contributed by atoms with E-state index >= 15 is 0 Å². The molecule has 1 aliphatic heterocycles. The molecule has 1 aliphatic rings. The second-order valence-corrected chi connectivity index (χ2v) is 3.49. The molecule has 0 aromatic rings. The Balaban J connectivity index is 2.61. The van der Waals surface area contributed by atoms with Gasteiger partial charge in [0.05, 0.1) is 12.5 Å². The smallest absolute Gasteiger partial charge is 0.313 e. The summed E-state index contributed by atoms with van der Waals surface area (Å²) in [6.07, 6.45) is 10.2. The van der Waals surface area contributed by atoms with Crippen molar-refractivity contribution in [3.8, 4) is 0 Å². The molecule has 2 heteroatoms. The molecule has 1 heterocycles. The standard InChI is InChI=1S/C12H18O2/c1-3-5-7-10-9-14-12(13)11(10)8-6-4-2/h5-8,10-11H,3-4,9H2,1-2H3. The molecule has 14 heavy (non-hydrogen) atoms. The van der Waals surface area contributed by atoms with Crippen molar-refractivity contribution < 1.29 is 9.53 Å². The van der Waals surface area contributed by atoms with Gasteiger partial charge in [0, 0.05) is 5.92 Å². The fraction of sp³-hybridized carbons (Fsp3) is 0.583. The van der Waals surface area contributed by atoms with E-state index in [9.17, 15) is 4.79 Å². The minimum Gasteiger partial charge on any atom is -0.465 e. The van der Waals surface area contributed by atoms with Crippen molar-refractivity contribution >= 4 is 5.97 Å². The van der Waals surface area contributed by atoms with Crippen molar-refractivity contribution in [1.82, 2.24) is 0 Å². The van der Waals surface area contributed by atoms with E-state index in [1.807, 2.05) is 12.2 Å². The highest BCUT2D eigenvalue weighted by Crippen LogP contribution is 2.24. The Hall–Kier alpha value is -1.05. The predicted molar refractivity (Wildman–Crippen MR) is 56.8 cm³/mol. The lowest BCUT2D eigenvalue weighted by Gasteiger charge is -2.05. The van der Waals surface area contributed by atoms with Crippen LogP contribution in [-0.4, -0.2) is 12.6 Å². The first-order valence-corrected chi connectivity index (χ1v) is 5.29. The molecule has 0 aromatic heterocycles. The van der Waals surface area contributed by atoms with Crippen LogP contribution >= 0.6 is 0 Å². The first-order valence-electron chi connectivity index (χ1n) is 5.29. The second-order valence-electron chi connectivity index (χ2n) is 3.49. The molecule has 1 fully saturated rings. The highest BCUT2D eigenvalue weighted by molar-refractivity contribution is 5.77. The van der Waals surface area contributed by atoms with Crippen LogP contribution in [0, 0.1) is 11.8 Å². The van der Waals surface area contributed by atoms with Crippen molar-refractivity contribution in [3.05, 3.63) is 24.3 Å². The third kappa shape index (κ3) is 2.72. The van der Waals surface area contributed by atoms with Gasteiger partial charge in [0.2, 0.25) is 0 Å². The summed E-state index contributed by atoms with van der Waals surface area (Å²) >= 11 is 0. The molecule has 2 unspecified atom stereocenters. The number of ether oxygens (including phenoxy) is 1. The van der Waals surface area contributed by atoms with Gasteiger partial charge in [-0.2, -0.15) is 0 Å². The minimum absolute atomic E-state index is 0.0576. The monoisotopic (exact) mass is 194 g/mol. The van der Waals surface area contributed by atoms with E-state index in [-0.39, 0.29) is 17.8 Å². The predicted octanol–water partition coefficient (Wildman–Crippen LogP) is 2.71. The summed E-state index contributed by atoms with van der Waals surface area (Å²) in [5.74, 6) is 0.100. The largest absolute Gasteiger partial charge is 0.465 e. The van der Waals surface area contributed by atoms with Gasteiger partial charge >= 0.3 is 5.97 Å². The Morgan fingerprint density at radius 2 is 1.93 bits per heavy atom. The number of allylic oxidation sites excluding steroid dienone is 2. The van der Waals surface area contributed by atoms with Crippen LogP contribution in [0.1, 0.15) is 26.7 Å². The van der Waals surface area contributed by atoms with Crippen molar-refractivity contribution in [1.29, 1.82) is 0 Å². The molecule has 0 spiro atoms. The third-order valence-electron chi connectivity index (χ3n) is 2.35. The molecule has 0 amide bonds. The van der Waals surface area contributed by atoms with Crippen molar-refractivity contribution in [2.45, 2.75) is 26.7 Å². The molecular formula is C12H18O2. The molecule has 1 rings (SSSR count). The maximum Gasteiger partial charge on any atom is 0.313 e. The number of hydrogen-bond donors (Lipinski definition) is 0. The lowest BCUT2D eigenvalue weighted by molar-refractivity contribution is -0.140. The van der Waals surface area contributed by atoms with Gasteiger partial charge in [-0.05, 0) is 12.8 Å². The molecule has 0 aliphatic carbocycles. The van der Waals surface area contributed by atoms with E-state index in [2.05, 4.69) is 26.0 Å². The maximum absolute atomic E-state index is 11.3. The zero-order chi connectivity index (χ0) is 10.4. The van der Waals surface area contributed by atoms with E-state index in [0.717, 1.165) is 12.8 Å². The summed E-state index contributed by atoms with van der Waals surface area (Å²) in [7, 11) is 0. The Kier molecular flexibility index (Phi) is 4.44. The van der Waals surface area contributed by atoms with Gasteiger partial charge in [-0.3, -0.25) is 4.79 Å². The Bertz CT molecular complexity index is 241. The SMILES string of the molecule is CCC=CC1COC(=O)C1C=CCC.